The van der Waals surface area contributed by atoms with Gasteiger partial charge < -0.3 is 5.11 Å². The molecule has 0 saturated heterocycles. The van der Waals surface area contributed by atoms with Crippen LogP contribution >= 0.6 is 0 Å². The summed E-state index contributed by atoms with van der Waals surface area (Å²) in [4.78, 5) is 13.9. The Labute approximate surface area is 110 Å². The molecule has 0 saturated carbocycles. The van der Waals surface area contributed by atoms with E-state index in [1.54, 1.807) is 0 Å². The highest BCUT2D eigenvalue weighted by Crippen LogP contribution is 2.36. The Morgan fingerprint density at radius 2 is 1.85 bits per heavy atom. The number of pyridine rings is 1. The predicted octanol–water partition coefficient (Wildman–Crippen LogP) is 3.60. The average molecular weight is 285 g/mol. The third-order valence-corrected chi connectivity index (χ3v) is 2.59. The van der Waals surface area contributed by atoms with Gasteiger partial charge in [-0.3, -0.25) is 0 Å². The Kier molecular flexibility index (Phi) is 3.44. The van der Waals surface area contributed by atoms with Gasteiger partial charge in [0.15, 0.2) is 11.5 Å². The average Bonchev–Trinajstić information content (AvgIpc) is 2.37. The first-order chi connectivity index (χ1) is 9.30. The summed E-state index contributed by atoms with van der Waals surface area (Å²) in [5.41, 5.74) is -2.17. The molecule has 0 aliphatic heterocycles. The van der Waals surface area contributed by atoms with E-state index < -0.39 is 29.2 Å². The molecule has 20 heavy (non-hydrogen) atoms. The molecule has 104 valence electrons. The molecule has 2 rings (SSSR count). The summed E-state index contributed by atoms with van der Waals surface area (Å²) < 4.78 is 52.0. The third kappa shape index (κ3) is 2.61. The van der Waals surface area contributed by atoms with Gasteiger partial charge in [0, 0.05) is 11.8 Å². The Hall–Kier alpha value is -2.44. The summed E-state index contributed by atoms with van der Waals surface area (Å²) in [6.45, 7) is 0. The second kappa shape index (κ2) is 4.92. The molecule has 1 aromatic heterocycles. The topological polar surface area (TPSA) is 50.2 Å². The highest BCUT2D eigenvalue weighted by Gasteiger charge is 2.33. The smallest absolute Gasteiger partial charge is 0.417 e. The van der Waals surface area contributed by atoms with Gasteiger partial charge in [0.2, 0.25) is 0 Å². The molecule has 0 aliphatic rings. The zero-order valence-electron chi connectivity index (χ0n) is 9.78. The summed E-state index contributed by atoms with van der Waals surface area (Å²) in [5, 5.41) is 8.63. The number of hydrogen-bond donors (Lipinski definition) is 1. The molecule has 7 heteroatoms. The minimum Gasteiger partial charge on any atom is -0.476 e. The Bertz CT molecular complexity index is 668. The van der Waals surface area contributed by atoms with Gasteiger partial charge >= 0.3 is 12.1 Å². The molecular formula is C13H7F4NO2. The number of carboxylic acid groups (broad SMARTS) is 1. The van der Waals surface area contributed by atoms with E-state index in [2.05, 4.69) is 4.98 Å². The first-order valence-electron chi connectivity index (χ1n) is 5.36. The van der Waals surface area contributed by atoms with Crippen LogP contribution in [-0.2, 0) is 6.18 Å². The van der Waals surface area contributed by atoms with E-state index in [9.17, 15) is 22.4 Å². The van der Waals surface area contributed by atoms with E-state index in [1.165, 1.54) is 18.2 Å². The summed E-state index contributed by atoms with van der Waals surface area (Å²) in [6.07, 6.45) is -3.70. The molecule has 0 radical (unpaired) electrons. The fourth-order valence-electron chi connectivity index (χ4n) is 1.72. The molecular weight excluding hydrogens is 278 g/mol. The van der Waals surface area contributed by atoms with Gasteiger partial charge in [0.1, 0.15) is 0 Å². The van der Waals surface area contributed by atoms with Crippen LogP contribution in [0, 0.1) is 5.82 Å². The monoisotopic (exact) mass is 285 g/mol. The maximum absolute atomic E-state index is 13.5. The molecule has 0 spiro atoms. The largest absolute Gasteiger partial charge is 0.476 e. The predicted molar refractivity (Wildman–Crippen MR) is 61.6 cm³/mol. The van der Waals surface area contributed by atoms with Crippen molar-refractivity contribution < 1.29 is 27.5 Å². The van der Waals surface area contributed by atoms with Crippen LogP contribution in [-0.4, -0.2) is 16.1 Å². The highest BCUT2D eigenvalue weighted by atomic mass is 19.4. The van der Waals surface area contributed by atoms with E-state index in [1.807, 2.05) is 0 Å². The minimum atomic E-state index is -4.60. The van der Waals surface area contributed by atoms with Crippen LogP contribution in [0.3, 0.4) is 0 Å². The van der Waals surface area contributed by atoms with Crippen molar-refractivity contribution in [3.63, 3.8) is 0 Å². The highest BCUT2D eigenvalue weighted by molar-refractivity contribution is 5.86. The minimum absolute atomic E-state index is 0.138. The molecule has 2 aromatic rings. The van der Waals surface area contributed by atoms with Crippen molar-refractivity contribution in [3.8, 4) is 11.1 Å². The molecule has 0 aliphatic carbocycles. The van der Waals surface area contributed by atoms with Crippen LogP contribution in [0.1, 0.15) is 16.1 Å². The molecule has 0 fully saturated rings. The quantitative estimate of drug-likeness (QED) is 0.858. The third-order valence-electron chi connectivity index (χ3n) is 2.59. The first-order valence-corrected chi connectivity index (χ1v) is 5.36. The lowest BCUT2D eigenvalue weighted by Crippen LogP contribution is -2.08. The maximum atomic E-state index is 13.5. The van der Waals surface area contributed by atoms with Crippen molar-refractivity contribution in [2.24, 2.45) is 0 Å². The molecule has 3 nitrogen and oxygen atoms in total. The van der Waals surface area contributed by atoms with Gasteiger partial charge in [-0.2, -0.15) is 13.2 Å². The van der Waals surface area contributed by atoms with Gasteiger partial charge in [0.05, 0.1) is 5.56 Å². The summed E-state index contributed by atoms with van der Waals surface area (Å²) >= 11 is 0. The molecule has 0 atom stereocenters. The van der Waals surface area contributed by atoms with Crippen LogP contribution < -0.4 is 0 Å². The number of rotatable bonds is 2. The van der Waals surface area contributed by atoms with Gasteiger partial charge in [-0.15, -0.1) is 0 Å². The number of benzene rings is 1. The number of halogens is 4. The summed E-state index contributed by atoms with van der Waals surface area (Å²) in [5.74, 6) is -2.77. The van der Waals surface area contributed by atoms with Crippen molar-refractivity contribution in [2.45, 2.75) is 6.18 Å². The van der Waals surface area contributed by atoms with E-state index in [4.69, 9.17) is 5.11 Å². The van der Waals surface area contributed by atoms with Gasteiger partial charge in [-0.05, 0) is 17.7 Å². The maximum Gasteiger partial charge on any atom is 0.417 e. The number of aromatic carboxylic acids is 1. The zero-order valence-corrected chi connectivity index (χ0v) is 9.78. The van der Waals surface area contributed by atoms with Crippen LogP contribution in [0.2, 0.25) is 0 Å². The van der Waals surface area contributed by atoms with E-state index in [0.717, 1.165) is 18.3 Å². The molecule has 0 amide bonds. The standard InChI is InChI=1S/C13H7F4NO2/c14-10-5-7(6-18-11(10)12(19)20)8-3-1-2-4-9(8)13(15,16)17/h1-6H,(H,19,20). The SMILES string of the molecule is O=C(O)c1ncc(-c2ccccc2C(F)(F)F)cc1F. The van der Waals surface area contributed by atoms with Crippen molar-refractivity contribution in [3.05, 3.63) is 53.6 Å². The van der Waals surface area contributed by atoms with Gasteiger partial charge in [0.25, 0.3) is 0 Å². The summed E-state index contributed by atoms with van der Waals surface area (Å²) in [7, 11) is 0. The number of carboxylic acids is 1. The van der Waals surface area contributed by atoms with Crippen LogP contribution in [0.25, 0.3) is 11.1 Å². The molecule has 0 unspecified atom stereocenters. The van der Waals surface area contributed by atoms with Crippen molar-refractivity contribution in [1.29, 1.82) is 0 Å². The van der Waals surface area contributed by atoms with Crippen molar-refractivity contribution >= 4 is 5.97 Å². The van der Waals surface area contributed by atoms with E-state index >= 15 is 0 Å². The fraction of sp³-hybridized carbons (Fsp3) is 0.0769. The molecule has 0 bridgehead atoms. The second-order valence-corrected chi connectivity index (χ2v) is 3.90. The second-order valence-electron chi connectivity index (χ2n) is 3.90. The zero-order chi connectivity index (χ0) is 14.9. The lowest BCUT2D eigenvalue weighted by atomic mass is 10.0. The van der Waals surface area contributed by atoms with Crippen molar-refractivity contribution in [2.75, 3.05) is 0 Å². The number of nitrogens with zero attached hydrogens (tertiary/aromatic N) is 1. The Morgan fingerprint density at radius 1 is 1.20 bits per heavy atom. The van der Waals surface area contributed by atoms with Crippen LogP contribution in [0.15, 0.2) is 36.5 Å². The number of carbonyl (C=O) groups is 1. The normalized spacial score (nSPS) is 11.4. The molecule has 1 aromatic carbocycles. The van der Waals surface area contributed by atoms with Gasteiger partial charge in [-0.1, -0.05) is 18.2 Å². The lowest BCUT2D eigenvalue weighted by Gasteiger charge is -2.12. The Morgan fingerprint density at radius 3 is 2.40 bits per heavy atom. The fourth-order valence-corrected chi connectivity index (χ4v) is 1.72. The van der Waals surface area contributed by atoms with E-state index in [-0.39, 0.29) is 11.1 Å². The number of hydrogen-bond acceptors (Lipinski definition) is 2. The summed E-state index contributed by atoms with van der Waals surface area (Å²) in [6, 6.07) is 5.33. The van der Waals surface area contributed by atoms with Crippen LogP contribution in [0.4, 0.5) is 17.6 Å². The van der Waals surface area contributed by atoms with Crippen molar-refractivity contribution in [1.82, 2.24) is 4.98 Å². The lowest BCUT2D eigenvalue weighted by molar-refractivity contribution is -0.137. The number of aromatic nitrogens is 1. The number of alkyl halides is 3. The first kappa shape index (κ1) is 14.0. The molecule has 1 heterocycles. The molecule has 1 N–H and O–H groups in total. The Balaban J connectivity index is 2.59. The van der Waals surface area contributed by atoms with Crippen LogP contribution in [0.5, 0.6) is 0 Å². The van der Waals surface area contributed by atoms with E-state index in [0.29, 0.717) is 0 Å². The van der Waals surface area contributed by atoms with Gasteiger partial charge in [-0.25, -0.2) is 14.2 Å².